The zero-order valence-electron chi connectivity index (χ0n) is 9.10. The highest BCUT2D eigenvalue weighted by molar-refractivity contribution is 5.70. The molecule has 2 heteroatoms. The van der Waals surface area contributed by atoms with E-state index in [1.54, 1.807) is 18.2 Å². The number of aromatic hydroxyl groups is 1. The zero-order valence-corrected chi connectivity index (χ0v) is 9.10. The molecule has 0 amide bonds. The first kappa shape index (κ1) is 10.6. The first-order valence-electron chi connectivity index (χ1n) is 5.24. The summed E-state index contributed by atoms with van der Waals surface area (Å²) in [4.78, 5) is 0. The van der Waals surface area contributed by atoms with E-state index in [9.17, 15) is 5.11 Å². The fourth-order valence-electron chi connectivity index (χ4n) is 1.57. The van der Waals surface area contributed by atoms with E-state index in [4.69, 9.17) is 4.74 Å². The third-order valence-corrected chi connectivity index (χ3v) is 2.27. The van der Waals surface area contributed by atoms with E-state index >= 15 is 0 Å². The Morgan fingerprint density at radius 1 is 1.25 bits per heavy atom. The van der Waals surface area contributed by atoms with Gasteiger partial charge in [-0.25, -0.2) is 0 Å². The summed E-state index contributed by atoms with van der Waals surface area (Å²) >= 11 is 0. The summed E-state index contributed by atoms with van der Waals surface area (Å²) in [5.74, 6) is 1.04. The number of phenolic OH excluding ortho intramolecular Hbond substituents is 1. The highest BCUT2D eigenvalue weighted by Crippen LogP contribution is 2.30. The summed E-state index contributed by atoms with van der Waals surface area (Å²) in [5.41, 5.74) is 1.60. The van der Waals surface area contributed by atoms with Gasteiger partial charge in [0.05, 0.1) is 6.61 Å². The summed E-state index contributed by atoms with van der Waals surface area (Å²) in [5, 5.41) is 9.71. The van der Waals surface area contributed by atoms with Crippen LogP contribution >= 0.6 is 0 Å². The Hall–Kier alpha value is -1.96. The Balaban J connectivity index is 2.40. The van der Waals surface area contributed by atoms with Crippen molar-refractivity contribution in [3.63, 3.8) is 0 Å². The van der Waals surface area contributed by atoms with Crippen molar-refractivity contribution in [1.82, 2.24) is 0 Å². The van der Waals surface area contributed by atoms with Crippen molar-refractivity contribution in [3.05, 3.63) is 48.5 Å². The summed E-state index contributed by atoms with van der Waals surface area (Å²) in [6.07, 6.45) is 0. The van der Waals surface area contributed by atoms with Crippen molar-refractivity contribution in [2.45, 2.75) is 6.92 Å². The molecule has 0 saturated carbocycles. The van der Waals surface area contributed by atoms with Crippen molar-refractivity contribution in [1.29, 1.82) is 0 Å². The number of benzene rings is 2. The first-order valence-corrected chi connectivity index (χ1v) is 5.24. The fraction of sp³-hybridized carbons (Fsp3) is 0.143. The lowest BCUT2D eigenvalue weighted by molar-refractivity contribution is 0.340. The van der Waals surface area contributed by atoms with Gasteiger partial charge in [-0.05, 0) is 36.8 Å². The topological polar surface area (TPSA) is 29.5 Å². The minimum atomic E-state index is 0.233. The molecule has 2 aromatic rings. The lowest BCUT2D eigenvalue weighted by Crippen LogP contribution is -1.91. The second-order valence-corrected chi connectivity index (χ2v) is 3.39. The summed E-state index contributed by atoms with van der Waals surface area (Å²) in [7, 11) is 0. The van der Waals surface area contributed by atoms with Crippen LogP contribution in [0.4, 0.5) is 0 Å². The third kappa shape index (κ3) is 2.16. The lowest BCUT2D eigenvalue weighted by atomic mass is 10.0. The van der Waals surface area contributed by atoms with Crippen molar-refractivity contribution >= 4 is 0 Å². The Morgan fingerprint density at radius 3 is 2.88 bits per heavy atom. The molecule has 0 bridgehead atoms. The second kappa shape index (κ2) is 4.71. The predicted molar refractivity (Wildman–Crippen MR) is 63.5 cm³/mol. The van der Waals surface area contributed by atoms with Gasteiger partial charge in [-0.3, -0.25) is 0 Å². The molecule has 1 radical (unpaired) electrons. The van der Waals surface area contributed by atoms with Gasteiger partial charge in [-0.2, -0.15) is 0 Å². The molecule has 0 heterocycles. The summed E-state index contributed by atoms with van der Waals surface area (Å²) in [6, 6.07) is 15.8. The van der Waals surface area contributed by atoms with E-state index < -0.39 is 0 Å². The molecule has 0 atom stereocenters. The molecular formula is C14H13O2. The van der Waals surface area contributed by atoms with E-state index in [1.165, 1.54) is 0 Å². The molecule has 2 rings (SSSR count). The van der Waals surface area contributed by atoms with Gasteiger partial charge in [0, 0.05) is 5.56 Å². The molecule has 81 valence electrons. The van der Waals surface area contributed by atoms with E-state index in [1.807, 2.05) is 31.2 Å². The fourth-order valence-corrected chi connectivity index (χ4v) is 1.57. The van der Waals surface area contributed by atoms with Gasteiger partial charge in [-0.1, -0.05) is 24.3 Å². The molecule has 0 aliphatic rings. The first-order chi connectivity index (χ1) is 7.81. The quantitative estimate of drug-likeness (QED) is 0.848. The molecule has 2 nitrogen and oxygen atoms in total. The Kier molecular flexibility index (Phi) is 3.10. The minimum Gasteiger partial charge on any atom is -0.507 e. The van der Waals surface area contributed by atoms with Crippen LogP contribution in [0.25, 0.3) is 11.1 Å². The van der Waals surface area contributed by atoms with E-state index in [2.05, 4.69) is 6.07 Å². The molecule has 0 aromatic heterocycles. The van der Waals surface area contributed by atoms with Gasteiger partial charge in [0.2, 0.25) is 0 Å². The molecule has 0 aliphatic carbocycles. The van der Waals surface area contributed by atoms with Crippen LogP contribution in [0.1, 0.15) is 6.92 Å². The average Bonchev–Trinajstić information content (AvgIpc) is 2.30. The monoisotopic (exact) mass is 213 g/mol. The SMILES string of the molecule is CCOc1cccc(-c2[c]cccc2O)c1. The molecule has 1 N–H and O–H groups in total. The van der Waals surface area contributed by atoms with Crippen LogP contribution in [0.2, 0.25) is 0 Å². The summed E-state index contributed by atoms with van der Waals surface area (Å²) in [6.45, 7) is 2.58. The van der Waals surface area contributed by atoms with Gasteiger partial charge in [0.1, 0.15) is 11.5 Å². The number of ether oxygens (including phenoxy) is 1. The molecule has 2 aromatic carbocycles. The van der Waals surface area contributed by atoms with Crippen molar-refractivity contribution in [2.75, 3.05) is 6.61 Å². The molecule has 0 saturated heterocycles. The predicted octanol–water partition coefficient (Wildman–Crippen LogP) is 3.26. The summed E-state index contributed by atoms with van der Waals surface area (Å²) < 4.78 is 5.41. The second-order valence-electron chi connectivity index (χ2n) is 3.39. The maximum atomic E-state index is 9.71. The number of hydrogen-bond donors (Lipinski definition) is 1. The zero-order chi connectivity index (χ0) is 11.4. The van der Waals surface area contributed by atoms with Crippen LogP contribution in [0.5, 0.6) is 11.5 Å². The molecule has 0 fully saturated rings. The standard InChI is InChI=1S/C14H13O2/c1-2-16-12-7-5-6-11(10-12)13-8-3-4-9-14(13)15/h3-7,9-10,15H,2H2,1H3. The van der Waals surface area contributed by atoms with Gasteiger partial charge in [0.25, 0.3) is 0 Å². The average molecular weight is 213 g/mol. The van der Waals surface area contributed by atoms with Gasteiger partial charge in [-0.15, -0.1) is 0 Å². The van der Waals surface area contributed by atoms with E-state index in [-0.39, 0.29) is 5.75 Å². The molecular weight excluding hydrogens is 200 g/mol. The van der Waals surface area contributed by atoms with Gasteiger partial charge in [0.15, 0.2) is 0 Å². The Bertz CT molecular complexity index is 478. The normalized spacial score (nSPS) is 10.1. The van der Waals surface area contributed by atoms with Crippen LogP contribution in [0.3, 0.4) is 0 Å². The maximum Gasteiger partial charge on any atom is 0.124 e. The lowest BCUT2D eigenvalue weighted by Gasteiger charge is -2.07. The smallest absolute Gasteiger partial charge is 0.124 e. The van der Waals surface area contributed by atoms with Crippen molar-refractivity contribution in [3.8, 4) is 22.6 Å². The molecule has 16 heavy (non-hydrogen) atoms. The molecule has 0 spiro atoms. The maximum absolute atomic E-state index is 9.71. The Labute approximate surface area is 95.1 Å². The van der Waals surface area contributed by atoms with E-state index in [0.29, 0.717) is 12.2 Å². The van der Waals surface area contributed by atoms with Gasteiger partial charge < -0.3 is 9.84 Å². The number of phenols is 1. The van der Waals surface area contributed by atoms with Crippen LogP contribution in [-0.2, 0) is 0 Å². The molecule has 0 unspecified atom stereocenters. The number of hydrogen-bond acceptors (Lipinski definition) is 2. The highest BCUT2D eigenvalue weighted by Gasteiger charge is 2.04. The van der Waals surface area contributed by atoms with E-state index in [0.717, 1.165) is 11.3 Å². The van der Waals surface area contributed by atoms with Crippen LogP contribution < -0.4 is 4.74 Å². The molecule has 0 aliphatic heterocycles. The minimum absolute atomic E-state index is 0.233. The number of rotatable bonds is 3. The van der Waals surface area contributed by atoms with Crippen LogP contribution in [0.15, 0.2) is 42.5 Å². The van der Waals surface area contributed by atoms with Crippen molar-refractivity contribution in [2.24, 2.45) is 0 Å². The van der Waals surface area contributed by atoms with Crippen LogP contribution in [-0.4, -0.2) is 11.7 Å². The highest BCUT2D eigenvalue weighted by atomic mass is 16.5. The Morgan fingerprint density at radius 2 is 2.12 bits per heavy atom. The third-order valence-electron chi connectivity index (χ3n) is 2.27. The largest absolute Gasteiger partial charge is 0.507 e. The van der Waals surface area contributed by atoms with Crippen molar-refractivity contribution < 1.29 is 9.84 Å². The van der Waals surface area contributed by atoms with Gasteiger partial charge >= 0.3 is 0 Å². The van der Waals surface area contributed by atoms with Crippen LogP contribution in [0, 0.1) is 6.07 Å².